The molecule has 0 spiro atoms. The maximum Gasteiger partial charge on any atom is 0.453 e. The van der Waals surface area contributed by atoms with Crippen molar-refractivity contribution in [1.29, 1.82) is 0 Å². The first kappa shape index (κ1) is 24.1. The van der Waals surface area contributed by atoms with Crippen molar-refractivity contribution in [2.45, 2.75) is 46.7 Å². The highest BCUT2D eigenvalue weighted by Crippen LogP contribution is 2.27. The number of aryl methyl sites for hydroxylation is 2. The first-order chi connectivity index (χ1) is 12.4. The van der Waals surface area contributed by atoms with Gasteiger partial charge in [-0.1, -0.05) is 13.8 Å². The molecule has 2 rings (SSSR count). The van der Waals surface area contributed by atoms with E-state index >= 15 is 0 Å². The number of alkyl halides is 3. The number of amides is 1. The first-order valence-electron chi connectivity index (χ1n) is 8.60. The number of rotatable bonds is 6. The predicted molar refractivity (Wildman–Crippen MR) is 101 cm³/mol. The second-order valence-electron chi connectivity index (χ2n) is 7.52. The van der Waals surface area contributed by atoms with Crippen LogP contribution in [0.5, 0.6) is 0 Å². The van der Waals surface area contributed by atoms with Crippen molar-refractivity contribution >= 4 is 24.1 Å². The van der Waals surface area contributed by atoms with Crippen LogP contribution >= 0.6 is 12.4 Å². The van der Waals surface area contributed by atoms with E-state index in [1.807, 2.05) is 13.8 Å². The molecule has 0 aliphatic heterocycles. The lowest BCUT2D eigenvalue weighted by Gasteiger charge is -2.29. The van der Waals surface area contributed by atoms with Gasteiger partial charge < -0.3 is 10.6 Å². The smallest absolute Gasteiger partial charge is 0.345 e. The van der Waals surface area contributed by atoms with E-state index in [1.54, 1.807) is 25.8 Å². The Kier molecular flexibility index (Phi) is 7.41. The Labute approximate surface area is 167 Å². The number of carbonyl (C=O) groups is 1. The maximum atomic E-state index is 12.8. The van der Waals surface area contributed by atoms with Crippen LogP contribution in [0.15, 0.2) is 0 Å². The van der Waals surface area contributed by atoms with Crippen LogP contribution in [-0.4, -0.2) is 50.5 Å². The summed E-state index contributed by atoms with van der Waals surface area (Å²) in [6.45, 7) is 8.28. The van der Waals surface area contributed by atoms with E-state index in [-0.39, 0.29) is 35.9 Å². The Morgan fingerprint density at radius 3 is 2.36 bits per heavy atom. The number of aromatic nitrogens is 4. The Hall–Kier alpha value is -1.94. The molecule has 0 aromatic carbocycles. The van der Waals surface area contributed by atoms with Crippen LogP contribution in [0.25, 0.3) is 5.78 Å². The number of nitrogens with zero attached hydrogens (tertiary/aromatic N) is 5. The fourth-order valence-corrected chi connectivity index (χ4v) is 2.91. The van der Waals surface area contributed by atoms with Crippen molar-refractivity contribution in [3.63, 3.8) is 0 Å². The predicted octanol–water partition coefficient (Wildman–Crippen LogP) is 2.56. The minimum absolute atomic E-state index is 0. The van der Waals surface area contributed by atoms with Crippen LogP contribution in [0.1, 0.15) is 43.0 Å². The zero-order chi connectivity index (χ0) is 20.6. The van der Waals surface area contributed by atoms with Crippen LogP contribution in [-0.2, 0) is 17.4 Å². The van der Waals surface area contributed by atoms with E-state index in [0.717, 1.165) is 4.52 Å². The molecule has 0 radical (unpaired) electrons. The molecule has 28 heavy (non-hydrogen) atoms. The average Bonchev–Trinajstić information content (AvgIpc) is 2.98. The lowest BCUT2D eigenvalue weighted by Crippen LogP contribution is -2.39. The summed E-state index contributed by atoms with van der Waals surface area (Å²) in [6, 6.07) is 0. The largest absolute Gasteiger partial charge is 0.453 e. The van der Waals surface area contributed by atoms with Crippen molar-refractivity contribution in [3.05, 3.63) is 22.8 Å². The molecule has 0 bridgehead atoms. The van der Waals surface area contributed by atoms with Gasteiger partial charge in [0.15, 0.2) is 0 Å². The van der Waals surface area contributed by atoms with Crippen LogP contribution in [0.3, 0.4) is 0 Å². The Bertz CT molecular complexity index is 850. The third-order valence-electron chi connectivity index (χ3n) is 4.53. The van der Waals surface area contributed by atoms with Gasteiger partial charge in [0, 0.05) is 31.4 Å². The van der Waals surface area contributed by atoms with Gasteiger partial charge in [0.2, 0.25) is 5.91 Å². The van der Waals surface area contributed by atoms with Crippen LogP contribution in [0.4, 0.5) is 13.2 Å². The summed E-state index contributed by atoms with van der Waals surface area (Å²) < 4.78 is 39.6. The van der Waals surface area contributed by atoms with E-state index in [1.165, 1.54) is 0 Å². The summed E-state index contributed by atoms with van der Waals surface area (Å²) in [5.74, 6) is -1.39. The minimum Gasteiger partial charge on any atom is -0.345 e. The van der Waals surface area contributed by atoms with E-state index in [9.17, 15) is 18.0 Å². The first-order valence-corrected chi connectivity index (χ1v) is 8.60. The molecule has 0 saturated carbocycles. The SMILES string of the molecule is Cc1nc2nc(C(F)(F)F)nn2c(C)c1CCC(=O)N(C)CC(C)(C)CN.Cl. The summed E-state index contributed by atoms with van der Waals surface area (Å²) in [5.41, 5.74) is 7.25. The van der Waals surface area contributed by atoms with Gasteiger partial charge in [0.1, 0.15) is 0 Å². The quantitative estimate of drug-likeness (QED) is 0.772. The Morgan fingerprint density at radius 2 is 1.82 bits per heavy atom. The molecule has 2 heterocycles. The number of fused-ring (bicyclic) bond motifs is 1. The summed E-state index contributed by atoms with van der Waals surface area (Å²) in [7, 11) is 1.72. The van der Waals surface area contributed by atoms with Crippen molar-refractivity contribution < 1.29 is 18.0 Å². The summed E-state index contributed by atoms with van der Waals surface area (Å²) in [4.78, 5) is 21.6. The highest BCUT2D eigenvalue weighted by molar-refractivity contribution is 5.85. The summed E-state index contributed by atoms with van der Waals surface area (Å²) >= 11 is 0. The van der Waals surface area contributed by atoms with Crippen molar-refractivity contribution in [2.24, 2.45) is 11.1 Å². The molecule has 0 atom stereocenters. The Balaban J connectivity index is 0.00000392. The topological polar surface area (TPSA) is 89.4 Å². The zero-order valence-corrected chi connectivity index (χ0v) is 17.4. The van der Waals surface area contributed by atoms with Gasteiger partial charge >= 0.3 is 6.18 Å². The van der Waals surface area contributed by atoms with Gasteiger partial charge in [0.25, 0.3) is 11.6 Å². The molecule has 2 aromatic rings. The van der Waals surface area contributed by atoms with Crippen molar-refractivity contribution in [3.8, 4) is 0 Å². The third-order valence-corrected chi connectivity index (χ3v) is 4.53. The van der Waals surface area contributed by atoms with Gasteiger partial charge in [-0.15, -0.1) is 17.5 Å². The number of hydrogen-bond acceptors (Lipinski definition) is 5. The molecular formula is C17H26ClF3N6O. The minimum atomic E-state index is -4.64. The van der Waals surface area contributed by atoms with Gasteiger partial charge in [0.05, 0.1) is 0 Å². The highest BCUT2D eigenvalue weighted by atomic mass is 35.5. The average molecular weight is 423 g/mol. The molecule has 0 aliphatic carbocycles. The van der Waals surface area contributed by atoms with Gasteiger partial charge in [-0.25, -0.2) is 9.50 Å². The molecule has 0 saturated heterocycles. The molecule has 0 aliphatic rings. The number of halogens is 4. The monoisotopic (exact) mass is 422 g/mol. The number of hydrogen-bond donors (Lipinski definition) is 1. The van der Waals surface area contributed by atoms with Crippen molar-refractivity contribution in [2.75, 3.05) is 20.1 Å². The van der Waals surface area contributed by atoms with Crippen LogP contribution < -0.4 is 5.73 Å². The number of nitrogens with two attached hydrogens (primary N) is 1. The lowest BCUT2D eigenvalue weighted by molar-refractivity contribution is -0.144. The molecular weight excluding hydrogens is 397 g/mol. The second-order valence-corrected chi connectivity index (χ2v) is 7.52. The van der Waals surface area contributed by atoms with E-state index in [4.69, 9.17) is 5.73 Å². The lowest BCUT2D eigenvalue weighted by atomic mass is 9.93. The summed E-state index contributed by atoms with van der Waals surface area (Å²) in [5, 5.41) is 3.52. The molecule has 0 fully saturated rings. The molecule has 0 unspecified atom stereocenters. The molecule has 2 N–H and O–H groups in total. The van der Waals surface area contributed by atoms with E-state index in [2.05, 4.69) is 15.1 Å². The van der Waals surface area contributed by atoms with Gasteiger partial charge in [-0.3, -0.25) is 4.79 Å². The molecule has 11 heteroatoms. The molecule has 2 aromatic heterocycles. The molecule has 7 nitrogen and oxygen atoms in total. The molecule has 1 amide bonds. The molecule has 158 valence electrons. The van der Waals surface area contributed by atoms with Gasteiger partial charge in [-0.05, 0) is 37.8 Å². The Morgan fingerprint density at radius 1 is 1.21 bits per heavy atom. The fourth-order valence-electron chi connectivity index (χ4n) is 2.91. The van der Waals surface area contributed by atoms with Crippen LogP contribution in [0.2, 0.25) is 0 Å². The van der Waals surface area contributed by atoms with Crippen LogP contribution in [0, 0.1) is 19.3 Å². The number of carbonyl (C=O) groups excluding carboxylic acids is 1. The zero-order valence-electron chi connectivity index (χ0n) is 16.6. The standard InChI is InChI=1S/C17H25F3N6O.ClH/c1-10-12(6-7-13(27)25(5)9-16(3,4)8-21)11(2)26-15(22-10)23-14(24-26)17(18,19)20;/h6-9,21H2,1-5H3;1H. The normalized spacial score (nSPS) is 12.2. The fraction of sp³-hybridized carbons (Fsp3) is 0.647. The summed E-state index contributed by atoms with van der Waals surface area (Å²) in [6.07, 6.45) is -4.07. The van der Waals surface area contributed by atoms with Crippen molar-refractivity contribution in [1.82, 2.24) is 24.5 Å². The van der Waals surface area contributed by atoms with Gasteiger partial charge in [-0.2, -0.15) is 18.2 Å². The van der Waals surface area contributed by atoms with E-state index in [0.29, 0.717) is 36.5 Å². The highest BCUT2D eigenvalue weighted by Gasteiger charge is 2.37. The van der Waals surface area contributed by atoms with E-state index < -0.39 is 12.0 Å². The third kappa shape index (κ3) is 5.32. The second kappa shape index (κ2) is 8.60. The maximum absolute atomic E-state index is 12.8.